The van der Waals surface area contributed by atoms with E-state index in [1.165, 1.54) is 5.56 Å². The van der Waals surface area contributed by atoms with Gasteiger partial charge in [0, 0.05) is 5.41 Å². The highest BCUT2D eigenvalue weighted by Crippen LogP contribution is 2.28. The van der Waals surface area contributed by atoms with Gasteiger partial charge in [-0.3, -0.25) is 0 Å². The molecule has 3 heteroatoms. The zero-order chi connectivity index (χ0) is 14.2. The fourth-order valence-corrected chi connectivity index (χ4v) is 2.09. The van der Waals surface area contributed by atoms with E-state index in [9.17, 15) is 4.79 Å². The van der Waals surface area contributed by atoms with E-state index in [1.54, 1.807) is 0 Å². The number of nitrogens with zero attached hydrogens (tertiary/aromatic N) is 1. The molecular formula is C16H19NO2. The van der Waals surface area contributed by atoms with E-state index in [4.69, 9.17) is 4.84 Å². The Kier molecular flexibility index (Phi) is 3.31. The van der Waals surface area contributed by atoms with E-state index in [0.717, 1.165) is 11.1 Å². The van der Waals surface area contributed by atoms with Crippen molar-refractivity contribution in [3.8, 4) is 0 Å². The maximum absolute atomic E-state index is 11.8. The molecule has 0 spiro atoms. The average molecular weight is 257 g/mol. The molecule has 0 aliphatic carbocycles. The molecule has 1 aromatic rings. The van der Waals surface area contributed by atoms with Crippen LogP contribution in [-0.2, 0) is 9.63 Å². The van der Waals surface area contributed by atoms with E-state index in [2.05, 4.69) is 18.1 Å². The fourth-order valence-electron chi connectivity index (χ4n) is 2.09. The number of benzene rings is 1. The predicted molar refractivity (Wildman–Crippen MR) is 76.9 cm³/mol. The number of carbonyl (C=O) groups is 1. The zero-order valence-electron chi connectivity index (χ0n) is 12.1. The van der Waals surface area contributed by atoms with Crippen molar-refractivity contribution in [2.24, 2.45) is 10.6 Å². The van der Waals surface area contributed by atoms with Crippen LogP contribution in [-0.4, -0.2) is 11.7 Å². The molecular weight excluding hydrogens is 238 g/mol. The van der Waals surface area contributed by atoms with Gasteiger partial charge < -0.3 is 4.84 Å². The predicted octanol–water partition coefficient (Wildman–Crippen LogP) is 3.65. The van der Waals surface area contributed by atoms with Crippen LogP contribution in [0.2, 0.25) is 0 Å². The second-order valence-electron chi connectivity index (χ2n) is 5.99. The van der Waals surface area contributed by atoms with Crippen LogP contribution in [0.4, 0.5) is 0 Å². The van der Waals surface area contributed by atoms with Crippen LogP contribution in [0.3, 0.4) is 0 Å². The molecule has 1 aromatic carbocycles. The van der Waals surface area contributed by atoms with Crippen molar-refractivity contribution in [3.63, 3.8) is 0 Å². The van der Waals surface area contributed by atoms with Gasteiger partial charge in [-0.1, -0.05) is 49.7 Å². The van der Waals surface area contributed by atoms with Gasteiger partial charge in [0.05, 0.1) is 5.57 Å². The molecule has 0 atom stereocenters. The van der Waals surface area contributed by atoms with Crippen molar-refractivity contribution in [2.45, 2.75) is 34.6 Å². The first-order valence-corrected chi connectivity index (χ1v) is 6.38. The molecule has 0 amide bonds. The lowest BCUT2D eigenvalue weighted by Crippen LogP contribution is -2.21. The monoisotopic (exact) mass is 257 g/mol. The lowest BCUT2D eigenvalue weighted by molar-refractivity contribution is -0.136. The number of carbonyl (C=O) groups excluding carboxylic acids is 1. The molecule has 1 heterocycles. The second kappa shape index (κ2) is 4.65. The second-order valence-corrected chi connectivity index (χ2v) is 5.99. The Labute approximate surface area is 114 Å². The van der Waals surface area contributed by atoms with E-state index >= 15 is 0 Å². The summed E-state index contributed by atoms with van der Waals surface area (Å²) >= 11 is 0. The largest absolute Gasteiger partial charge is 0.367 e. The number of aryl methyl sites for hydroxylation is 2. The van der Waals surface area contributed by atoms with Crippen molar-refractivity contribution < 1.29 is 9.63 Å². The van der Waals surface area contributed by atoms with E-state index in [0.29, 0.717) is 11.3 Å². The van der Waals surface area contributed by atoms with Crippen LogP contribution < -0.4 is 0 Å². The molecule has 0 aromatic heterocycles. The van der Waals surface area contributed by atoms with Gasteiger partial charge in [-0.05, 0) is 31.1 Å². The minimum atomic E-state index is -0.370. The SMILES string of the molecule is Cc1ccc(C=C2C(=O)ON=C2C(C)(C)C)c(C)c1. The maximum atomic E-state index is 11.8. The highest BCUT2D eigenvalue weighted by Gasteiger charge is 2.33. The lowest BCUT2D eigenvalue weighted by Gasteiger charge is -2.17. The number of hydrogen-bond acceptors (Lipinski definition) is 3. The molecule has 0 fully saturated rings. The van der Waals surface area contributed by atoms with Crippen LogP contribution in [0.1, 0.15) is 37.5 Å². The molecule has 19 heavy (non-hydrogen) atoms. The van der Waals surface area contributed by atoms with Gasteiger partial charge in [-0.25, -0.2) is 4.79 Å². The Bertz CT molecular complexity index is 589. The van der Waals surface area contributed by atoms with Crippen LogP contribution in [0.15, 0.2) is 28.9 Å². The minimum Gasteiger partial charge on any atom is -0.312 e. The third-order valence-corrected chi connectivity index (χ3v) is 3.13. The Morgan fingerprint density at radius 1 is 1.21 bits per heavy atom. The van der Waals surface area contributed by atoms with Gasteiger partial charge in [-0.2, -0.15) is 0 Å². The lowest BCUT2D eigenvalue weighted by atomic mass is 9.85. The van der Waals surface area contributed by atoms with E-state index in [1.807, 2.05) is 45.9 Å². The molecule has 1 aliphatic heterocycles. The smallest absolute Gasteiger partial charge is 0.312 e. The summed E-state index contributed by atoms with van der Waals surface area (Å²) in [7, 11) is 0. The molecule has 0 radical (unpaired) electrons. The standard InChI is InChI=1S/C16H19NO2/c1-10-6-7-12(11(2)8-10)9-13-14(16(3,4)5)17-19-15(13)18/h6-9H,1-5H3. The first kappa shape index (κ1) is 13.5. The third-order valence-electron chi connectivity index (χ3n) is 3.13. The summed E-state index contributed by atoms with van der Waals surface area (Å²) in [6.45, 7) is 10.1. The first-order chi connectivity index (χ1) is 8.79. The molecule has 0 saturated carbocycles. The van der Waals surface area contributed by atoms with Gasteiger partial charge in [0.2, 0.25) is 0 Å². The van der Waals surface area contributed by atoms with Gasteiger partial charge in [0.25, 0.3) is 0 Å². The Balaban J connectivity index is 2.47. The molecule has 0 N–H and O–H groups in total. The summed E-state index contributed by atoms with van der Waals surface area (Å²) < 4.78 is 0. The van der Waals surface area contributed by atoms with Crippen molar-refractivity contribution in [2.75, 3.05) is 0 Å². The van der Waals surface area contributed by atoms with Crippen molar-refractivity contribution >= 4 is 17.8 Å². The fraction of sp³-hybridized carbons (Fsp3) is 0.375. The van der Waals surface area contributed by atoms with E-state index in [-0.39, 0.29) is 11.4 Å². The first-order valence-electron chi connectivity index (χ1n) is 6.38. The quantitative estimate of drug-likeness (QED) is 0.569. The molecule has 0 bridgehead atoms. The summed E-state index contributed by atoms with van der Waals surface area (Å²) in [5, 5.41) is 3.91. The topological polar surface area (TPSA) is 38.7 Å². The Morgan fingerprint density at radius 2 is 1.89 bits per heavy atom. The summed E-state index contributed by atoms with van der Waals surface area (Å²) in [4.78, 5) is 16.6. The molecule has 1 aliphatic rings. The summed E-state index contributed by atoms with van der Waals surface area (Å²) in [6, 6.07) is 6.15. The molecule has 0 saturated heterocycles. The van der Waals surface area contributed by atoms with Gasteiger partial charge >= 0.3 is 5.97 Å². The maximum Gasteiger partial charge on any atom is 0.367 e. The zero-order valence-corrected chi connectivity index (χ0v) is 12.1. The molecule has 0 unspecified atom stereocenters. The molecule has 3 nitrogen and oxygen atoms in total. The van der Waals surface area contributed by atoms with Gasteiger partial charge in [0.1, 0.15) is 5.71 Å². The van der Waals surface area contributed by atoms with Crippen molar-refractivity contribution in [1.29, 1.82) is 0 Å². The number of rotatable bonds is 1. The Hall–Kier alpha value is -1.90. The Morgan fingerprint density at radius 3 is 2.47 bits per heavy atom. The van der Waals surface area contributed by atoms with E-state index < -0.39 is 0 Å². The van der Waals surface area contributed by atoms with Crippen LogP contribution >= 0.6 is 0 Å². The molecule has 100 valence electrons. The van der Waals surface area contributed by atoms with Gasteiger partial charge in [0.15, 0.2) is 0 Å². The van der Waals surface area contributed by atoms with Gasteiger partial charge in [-0.15, -0.1) is 0 Å². The van der Waals surface area contributed by atoms with Crippen molar-refractivity contribution in [1.82, 2.24) is 0 Å². The average Bonchev–Trinajstić information content (AvgIpc) is 2.64. The van der Waals surface area contributed by atoms with Crippen LogP contribution in [0, 0.1) is 19.3 Å². The van der Waals surface area contributed by atoms with Crippen LogP contribution in [0.5, 0.6) is 0 Å². The minimum absolute atomic E-state index is 0.212. The number of oxime groups is 1. The van der Waals surface area contributed by atoms with Crippen LogP contribution in [0.25, 0.3) is 6.08 Å². The summed E-state index contributed by atoms with van der Waals surface area (Å²) in [5.74, 6) is -0.370. The summed E-state index contributed by atoms with van der Waals surface area (Å²) in [5.41, 5.74) is 4.42. The highest BCUT2D eigenvalue weighted by atomic mass is 16.7. The summed E-state index contributed by atoms with van der Waals surface area (Å²) in [6.07, 6.45) is 1.87. The third kappa shape index (κ3) is 2.75. The molecule has 2 rings (SSSR count). The number of hydrogen-bond donors (Lipinski definition) is 0. The van der Waals surface area contributed by atoms with Crippen molar-refractivity contribution in [3.05, 3.63) is 40.5 Å². The normalized spacial score (nSPS) is 17.6. The highest BCUT2D eigenvalue weighted by molar-refractivity contribution is 6.26.